The average molecular weight is 369 g/mol. The van der Waals surface area contributed by atoms with Gasteiger partial charge < -0.3 is 25.3 Å². The summed E-state index contributed by atoms with van der Waals surface area (Å²) in [4.78, 5) is 14.1. The average Bonchev–Trinajstić information content (AvgIpc) is 2.67. The zero-order valence-corrected chi connectivity index (χ0v) is 15.3. The van der Waals surface area contributed by atoms with Crippen molar-refractivity contribution in [2.75, 3.05) is 13.7 Å². The highest BCUT2D eigenvalue weighted by Gasteiger charge is 2.15. The Morgan fingerprint density at radius 1 is 1.19 bits per heavy atom. The van der Waals surface area contributed by atoms with Crippen LogP contribution in [0, 0.1) is 0 Å². The predicted molar refractivity (Wildman–Crippen MR) is 105 cm³/mol. The molecule has 0 aliphatic heterocycles. The van der Waals surface area contributed by atoms with Crippen molar-refractivity contribution < 1.29 is 16.3 Å². The smallest absolute Gasteiger partial charge is 0.248 e. The van der Waals surface area contributed by atoms with Crippen molar-refractivity contribution in [2.24, 2.45) is 0 Å². The van der Waals surface area contributed by atoms with E-state index in [4.69, 9.17) is 6.11 Å². The van der Waals surface area contributed by atoms with E-state index in [1.165, 1.54) is 12.1 Å². The Morgan fingerprint density at radius 2 is 1.93 bits per heavy atom. The van der Waals surface area contributed by atoms with E-state index in [1.54, 1.807) is 26.2 Å². The SMILES string of the molecule is [2H][C@@](C)(Cc1ccc(OC)cc1)NC[C@H](O)c1ccc(O)c2[nH]c(=O)ccc12. The molecule has 0 saturated carbocycles. The van der Waals surface area contributed by atoms with Crippen molar-refractivity contribution in [3.63, 3.8) is 0 Å². The standard InChI is InChI=1S/C21H24N2O4/c1-13(11-14-3-5-15(27-2)6-4-14)22-12-19(25)16-7-9-18(24)21-17(16)8-10-20(26)23-21/h3-10,13,19,22,24-25H,11-12H2,1-2H3,(H,23,26)/t13-,19+/m1/s1/i13D. The summed E-state index contributed by atoms with van der Waals surface area (Å²) in [7, 11) is 1.61. The summed E-state index contributed by atoms with van der Waals surface area (Å²) >= 11 is 0. The van der Waals surface area contributed by atoms with E-state index in [0.717, 1.165) is 11.3 Å². The number of phenolic OH excluding ortho intramolecular Hbond substituents is 1. The van der Waals surface area contributed by atoms with Gasteiger partial charge in [-0.3, -0.25) is 4.79 Å². The van der Waals surface area contributed by atoms with Gasteiger partial charge in [-0.05, 0) is 48.7 Å². The molecule has 0 bridgehead atoms. The molecule has 0 aliphatic rings. The number of nitrogens with one attached hydrogen (secondary N) is 2. The Hall–Kier alpha value is -2.83. The van der Waals surface area contributed by atoms with Crippen LogP contribution in [0.3, 0.4) is 0 Å². The fourth-order valence-electron chi connectivity index (χ4n) is 3.04. The van der Waals surface area contributed by atoms with Gasteiger partial charge in [0, 0.05) is 25.4 Å². The lowest BCUT2D eigenvalue weighted by Crippen LogP contribution is -2.32. The third kappa shape index (κ3) is 4.48. The first-order valence-electron chi connectivity index (χ1n) is 9.20. The zero-order valence-electron chi connectivity index (χ0n) is 16.3. The zero-order chi connectivity index (χ0) is 20.3. The number of aromatic hydroxyl groups is 1. The number of hydrogen-bond acceptors (Lipinski definition) is 5. The normalized spacial score (nSPS) is 15.1. The maximum absolute atomic E-state index is 11.5. The maximum Gasteiger partial charge on any atom is 0.248 e. The fraction of sp³-hybridized carbons (Fsp3) is 0.286. The predicted octanol–water partition coefficient (Wildman–Crippen LogP) is 2.50. The molecule has 0 spiro atoms. The van der Waals surface area contributed by atoms with Gasteiger partial charge in [0.2, 0.25) is 5.56 Å². The number of phenols is 1. The van der Waals surface area contributed by atoms with Crippen LogP contribution in [0.1, 0.15) is 25.5 Å². The van der Waals surface area contributed by atoms with Crippen molar-refractivity contribution in [1.82, 2.24) is 10.3 Å². The molecule has 1 heterocycles. The molecule has 6 nitrogen and oxygen atoms in total. The second kappa shape index (κ2) is 8.24. The first-order chi connectivity index (χ1) is 13.3. The van der Waals surface area contributed by atoms with Crippen molar-refractivity contribution in [3.05, 3.63) is 70.0 Å². The second-order valence-electron chi connectivity index (χ2n) is 6.49. The molecule has 0 unspecified atom stereocenters. The number of benzene rings is 2. The molecule has 27 heavy (non-hydrogen) atoms. The van der Waals surface area contributed by atoms with E-state index >= 15 is 0 Å². The first kappa shape index (κ1) is 17.6. The van der Waals surface area contributed by atoms with Gasteiger partial charge in [-0.2, -0.15) is 0 Å². The number of aromatic amines is 1. The van der Waals surface area contributed by atoms with E-state index < -0.39 is 12.1 Å². The maximum atomic E-state index is 11.5. The van der Waals surface area contributed by atoms with E-state index in [9.17, 15) is 15.0 Å². The third-order valence-electron chi connectivity index (χ3n) is 4.49. The number of pyridine rings is 1. The lowest BCUT2D eigenvalue weighted by Gasteiger charge is -2.19. The number of rotatable bonds is 7. The summed E-state index contributed by atoms with van der Waals surface area (Å²) in [6, 6.07) is 12.5. The van der Waals surface area contributed by atoms with Crippen molar-refractivity contribution >= 4 is 10.9 Å². The molecule has 2 atom stereocenters. The van der Waals surface area contributed by atoms with Gasteiger partial charge in [0.25, 0.3) is 0 Å². The molecule has 0 radical (unpaired) electrons. The molecule has 0 fully saturated rings. The molecule has 0 amide bonds. The lowest BCUT2D eigenvalue weighted by molar-refractivity contribution is 0.172. The van der Waals surface area contributed by atoms with Gasteiger partial charge in [0.05, 0.1) is 18.7 Å². The van der Waals surface area contributed by atoms with Gasteiger partial charge in [-0.1, -0.05) is 18.2 Å². The van der Waals surface area contributed by atoms with Gasteiger partial charge in [-0.15, -0.1) is 0 Å². The van der Waals surface area contributed by atoms with E-state index in [-0.39, 0.29) is 23.4 Å². The van der Waals surface area contributed by atoms with Crippen LogP contribution in [0.5, 0.6) is 11.5 Å². The lowest BCUT2D eigenvalue weighted by atomic mass is 10.0. The van der Waals surface area contributed by atoms with Crippen LogP contribution in [0.4, 0.5) is 0 Å². The molecule has 3 rings (SSSR count). The topological polar surface area (TPSA) is 94.6 Å². The molecular formula is C21H24N2O4. The minimum Gasteiger partial charge on any atom is -0.506 e. The quantitative estimate of drug-likeness (QED) is 0.513. The van der Waals surface area contributed by atoms with Crippen LogP contribution in [-0.2, 0) is 6.42 Å². The number of ether oxygens (including phenoxy) is 1. The van der Waals surface area contributed by atoms with Crippen molar-refractivity contribution in [3.8, 4) is 11.5 Å². The number of aliphatic hydroxyl groups is 1. The summed E-state index contributed by atoms with van der Waals surface area (Å²) in [5.41, 5.74) is 1.51. The van der Waals surface area contributed by atoms with Gasteiger partial charge in [0.1, 0.15) is 11.5 Å². The molecule has 1 aromatic heterocycles. The van der Waals surface area contributed by atoms with Crippen LogP contribution in [0.15, 0.2) is 53.3 Å². The summed E-state index contributed by atoms with van der Waals surface area (Å²) < 4.78 is 13.6. The Kier molecular flexibility index (Phi) is 5.37. The van der Waals surface area contributed by atoms with E-state index in [1.807, 2.05) is 24.3 Å². The molecule has 6 heteroatoms. The van der Waals surface area contributed by atoms with Crippen LogP contribution in [-0.4, -0.2) is 34.9 Å². The molecule has 3 aromatic rings. The molecule has 4 N–H and O–H groups in total. The molecule has 0 saturated heterocycles. The largest absolute Gasteiger partial charge is 0.506 e. The van der Waals surface area contributed by atoms with Crippen LogP contribution < -0.4 is 15.6 Å². The molecule has 0 aliphatic carbocycles. The van der Waals surface area contributed by atoms with Crippen molar-refractivity contribution in [1.29, 1.82) is 0 Å². The number of hydrogen-bond donors (Lipinski definition) is 4. The number of aromatic nitrogens is 1. The van der Waals surface area contributed by atoms with Crippen LogP contribution >= 0.6 is 0 Å². The summed E-state index contributed by atoms with van der Waals surface area (Å²) in [6.45, 7) is 1.89. The van der Waals surface area contributed by atoms with Crippen LogP contribution in [0.25, 0.3) is 10.9 Å². The van der Waals surface area contributed by atoms with Gasteiger partial charge in [0.15, 0.2) is 0 Å². The molecule has 2 aromatic carbocycles. The Bertz CT molecular complexity index is 1020. The van der Waals surface area contributed by atoms with Crippen LogP contribution in [0.2, 0.25) is 0 Å². The molecule has 142 valence electrons. The van der Waals surface area contributed by atoms with E-state index in [2.05, 4.69) is 10.3 Å². The summed E-state index contributed by atoms with van der Waals surface area (Å²) in [5.74, 6) is 0.706. The number of fused-ring (bicyclic) bond motifs is 1. The first-order valence-corrected chi connectivity index (χ1v) is 8.70. The third-order valence-corrected chi connectivity index (χ3v) is 4.49. The van der Waals surface area contributed by atoms with Gasteiger partial charge in [-0.25, -0.2) is 0 Å². The highest BCUT2D eigenvalue weighted by molar-refractivity contribution is 5.87. The fourth-order valence-corrected chi connectivity index (χ4v) is 3.04. The number of H-pyrrole nitrogens is 1. The Balaban J connectivity index is 1.72. The molecular weight excluding hydrogens is 344 g/mol. The second-order valence-corrected chi connectivity index (χ2v) is 6.49. The summed E-state index contributed by atoms with van der Waals surface area (Å²) in [6.07, 6.45) is -0.456. The minimum absolute atomic E-state index is 0.0542. The monoisotopic (exact) mass is 369 g/mol. The summed E-state index contributed by atoms with van der Waals surface area (Å²) in [5, 5.41) is 24.2. The van der Waals surface area contributed by atoms with E-state index in [0.29, 0.717) is 17.4 Å². The van der Waals surface area contributed by atoms with Gasteiger partial charge >= 0.3 is 0 Å². The number of methoxy groups -OCH3 is 1. The Morgan fingerprint density at radius 3 is 2.63 bits per heavy atom. The highest BCUT2D eigenvalue weighted by Crippen LogP contribution is 2.28. The highest BCUT2D eigenvalue weighted by atomic mass is 16.5. The number of aliphatic hydroxyl groups excluding tert-OH is 1. The Labute approximate surface area is 158 Å². The minimum atomic E-state index is -0.989. The van der Waals surface area contributed by atoms with Crippen molar-refractivity contribution in [2.45, 2.75) is 25.5 Å².